The van der Waals surface area contributed by atoms with Crippen LogP contribution in [0.2, 0.25) is 0 Å². The number of fused-ring (bicyclic) bond motifs is 1. The Kier molecular flexibility index (Phi) is 4.21. The fourth-order valence-corrected chi connectivity index (χ4v) is 4.11. The number of hydrogen-bond acceptors (Lipinski definition) is 2. The van der Waals surface area contributed by atoms with Crippen LogP contribution in [-0.4, -0.2) is 22.4 Å². The third-order valence-corrected chi connectivity index (χ3v) is 5.28. The molecular weight excluding hydrogens is 234 g/mol. The lowest BCUT2D eigenvalue weighted by atomic mass is 9.69. The van der Waals surface area contributed by atoms with Gasteiger partial charge in [0.15, 0.2) is 0 Å². The third-order valence-electron chi connectivity index (χ3n) is 5.28. The van der Waals surface area contributed by atoms with Gasteiger partial charge in [-0.25, -0.2) is 0 Å². The summed E-state index contributed by atoms with van der Waals surface area (Å²) in [6.07, 6.45) is 13.2. The molecule has 0 saturated heterocycles. The molecule has 3 unspecified atom stereocenters. The fourth-order valence-electron chi connectivity index (χ4n) is 4.11. The summed E-state index contributed by atoms with van der Waals surface area (Å²) < 4.78 is 1.99. The van der Waals surface area contributed by atoms with Gasteiger partial charge in [0, 0.05) is 37.9 Å². The summed E-state index contributed by atoms with van der Waals surface area (Å²) in [4.78, 5) is 0. The highest BCUT2D eigenvalue weighted by Gasteiger charge is 2.31. The predicted molar refractivity (Wildman–Crippen MR) is 78.0 cm³/mol. The fraction of sp³-hybridized carbons (Fsp3) is 0.812. The molecule has 1 N–H and O–H groups in total. The van der Waals surface area contributed by atoms with Crippen LogP contribution in [0.1, 0.15) is 50.6 Å². The first-order chi connectivity index (χ1) is 9.33. The molecule has 0 aliphatic heterocycles. The van der Waals surface area contributed by atoms with Gasteiger partial charge in [0.05, 0.1) is 0 Å². The number of nitrogens with one attached hydrogen (secondary N) is 1. The maximum Gasteiger partial charge on any atom is 0.0492 e. The van der Waals surface area contributed by atoms with Crippen molar-refractivity contribution in [3.63, 3.8) is 0 Å². The van der Waals surface area contributed by atoms with Gasteiger partial charge in [-0.1, -0.05) is 25.7 Å². The molecule has 2 fully saturated rings. The van der Waals surface area contributed by atoms with Crippen LogP contribution in [0.25, 0.3) is 0 Å². The zero-order chi connectivity index (χ0) is 13.1. The molecule has 106 valence electrons. The van der Waals surface area contributed by atoms with Crippen molar-refractivity contribution in [2.45, 2.75) is 57.4 Å². The molecule has 0 aromatic carbocycles. The van der Waals surface area contributed by atoms with Crippen molar-refractivity contribution < 1.29 is 0 Å². The van der Waals surface area contributed by atoms with Gasteiger partial charge in [0.1, 0.15) is 0 Å². The molecule has 3 heteroatoms. The second-order valence-electron chi connectivity index (χ2n) is 6.46. The predicted octanol–water partition coefficient (Wildman–Crippen LogP) is 2.91. The maximum absolute atomic E-state index is 4.22. The Morgan fingerprint density at radius 2 is 2.05 bits per heavy atom. The number of rotatable bonds is 4. The molecule has 19 heavy (non-hydrogen) atoms. The molecule has 3 nitrogen and oxygen atoms in total. The molecule has 2 saturated carbocycles. The first-order valence-electron chi connectivity index (χ1n) is 8.03. The molecule has 1 heterocycles. The van der Waals surface area contributed by atoms with E-state index in [1.54, 1.807) is 0 Å². The summed E-state index contributed by atoms with van der Waals surface area (Å²) in [6.45, 7) is 1.10. The summed E-state index contributed by atoms with van der Waals surface area (Å²) in [7, 11) is 2.03. The van der Waals surface area contributed by atoms with E-state index in [0.717, 1.165) is 30.8 Å². The number of aryl methyl sites for hydroxylation is 1. The monoisotopic (exact) mass is 261 g/mol. The number of aromatic nitrogens is 2. The molecule has 0 amide bonds. The van der Waals surface area contributed by atoms with E-state index in [0.29, 0.717) is 0 Å². The molecule has 2 aliphatic carbocycles. The summed E-state index contributed by atoms with van der Waals surface area (Å²) in [5.41, 5.74) is 1.33. The largest absolute Gasteiger partial charge is 0.314 e. The third kappa shape index (κ3) is 3.19. The van der Waals surface area contributed by atoms with Crippen LogP contribution < -0.4 is 5.32 Å². The summed E-state index contributed by atoms with van der Waals surface area (Å²) in [5, 5.41) is 8.00. The Bertz CT molecular complexity index is 398. The second kappa shape index (κ2) is 6.08. The van der Waals surface area contributed by atoms with Gasteiger partial charge >= 0.3 is 0 Å². The summed E-state index contributed by atoms with van der Waals surface area (Å²) in [5.74, 6) is 2.08. The van der Waals surface area contributed by atoms with Gasteiger partial charge in [-0.05, 0) is 37.2 Å². The molecular formula is C16H27N3. The highest BCUT2D eigenvalue weighted by molar-refractivity contribution is 5.00. The minimum Gasteiger partial charge on any atom is -0.314 e. The van der Waals surface area contributed by atoms with Gasteiger partial charge in [0.2, 0.25) is 0 Å². The zero-order valence-electron chi connectivity index (χ0n) is 12.1. The Hall–Kier alpha value is -0.830. The molecule has 2 aliphatic rings. The highest BCUT2D eigenvalue weighted by Crippen LogP contribution is 2.40. The van der Waals surface area contributed by atoms with E-state index >= 15 is 0 Å². The second-order valence-corrected chi connectivity index (χ2v) is 6.46. The highest BCUT2D eigenvalue weighted by atomic mass is 15.3. The first kappa shape index (κ1) is 13.2. The smallest absolute Gasteiger partial charge is 0.0492 e. The summed E-state index contributed by atoms with van der Waals surface area (Å²) >= 11 is 0. The lowest BCUT2D eigenvalue weighted by Crippen LogP contribution is -2.39. The van der Waals surface area contributed by atoms with Crippen LogP contribution in [0.5, 0.6) is 0 Å². The van der Waals surface area contributed by atoms with Gasteiger partial charge < -0.3 is 5.32 Å². The minimum absolute atomic E-state index is 0.771. The average Bonchev–Trinajstić information content (AvgIpc) is 2.84. The Morgan fingerprint density at radius 1 is 1.21 bits per heavy atom. The van der Waals surface area contributed by atoms with Crippen LogP contribution >= 0.6 is 0 Å². The van der Waals surface area contributed by atoms with E-state index in [2.05, 4.69) is 16.5 Å². The van der Waals surface area contributed by atoms with Crippen LogP contribution in [-0.2, 0) is 13.5 Å². The van der Waals surface area contributed by atoms with Gasteiger partial charge in [0.25, 0.3) is 0 Å². The van der Waals surface area contributed by atoms with Crippen molar-refractivity contribution in [1.82, 2.24) is 15.1 Å². The van der Waals surface area contributed by atoms with E-state index in [9.17, 15) is 0 Å². The van der Waals surface area contributed by atoms with Crippen molar-refractivity contribution in [1.29, 1.82) is 0 Å². The maximum atomic E-state index is 4.22. The van der Waals surface area contributed by atoms with E-state index < -0.39 is 0 Å². The molecule has 0 spiro atoms. The van der Waals surface area contributed by atoms with Gasteiger partial charge in [-0.2, -0.15) is 5.10 Å². The number of nitrogens with zero attached hydrogens (tertiary/aromatic N) is 2. The van der Waals surface area contributed by atoms with Crippen molar-refractivity contribution in [3.05, 3.63) is 18.0 Å². The lowest BCUT2D eigenvalue weighted by molar-refractivity contribution is 0.144. The quantitative estimate of drug-likeness (QED) is 0.903. The molecule has 1 aromatic heterocycles. The normalized spacial score (nSPS) is 31.1. The first-order valence-corrected chi connectivity index (χ1v) is 8.03. The minimum atomic E-state index is 0.771. The van der Waals surface area contributed by atoms with E-state index in [1.165, 1.54) is 50.6 Å². The van der Waals surface area contributed by atoms with E-state index in [1.807, 2.05) is 17.9 Å². The topological polar surface area (TPSA) is 29.9 Å². The van der Waals surface area contributed by atoms with Gasteiger partial charge in [-0.3, -0.25) is 4.68 Å². The zero-order valence-corrected chi connectivity index (χ0v) is 12.1. The molecule has 3 atom stereocenters. The van der Waals surface area contributed by atoms with E-state index in [4.69, 9.17) is 0 Å². The summed E-state index contributed by atoms with van der Waals surface area (Å²) in [6, 6.07) is 2.90. The SMILES string of the molecule is Cn1nccc1CCNC1CCC2CCCCC2C1. The Labute approximate surface area is 116 Å². The van der Waals surface area contributed by atoms with Crippen LogP contribution in [0.4, 0.5) is 0 Å². The van der Waals surface area contributed by atoms with Crippen LogP contribution in [0.3, 0.4) is 0 Å². The number of hydrogen-bond donors (Lipinski definition) is 1. The molecule has 1 aromatic rings. The van der Waals surface area contributed by atoms with Crippen molar-refractivity contribution in [2.24, 2.45) is 18.9 Å². The van der Waals surface area contributed by atoms with Crippen molar-refractivity contribution in [3.8, 4) is 0 Å². The average molecular weight is 261 g/mol. The molecule has 3 rings (SSSR count). The van der Waals surface area contributed by atoms with E-state index in [-0.39, 0.29) is 0 Å². The Morgan fingerprint density at radius 3 is 2.84 bits per heavy atom. The standard InChI is InChI=1S/C16H27N3/c1-19-16(9-11-18-19)8-10-17-15-7-6-13-4-2-3-5-14(13)12-15/h9,11,13-15,17H,2-8,10,12H2,1H3. The van der Waals surface area contributed by atoms with Gasteiger partial charge in [-0.15, -0.1) is 0 Å². The Balaban J connectivity index is 1.42. The van der Waals surface area contributed by atoms with Crippen molar-refractivity contribution in [2.75, 3.05) is 6.54 Å². The van der Waals surface area contributed by atoms with Crippen LogP contribution in [0, 0.1) is 11.8 Å². The molecule has 0 radical (unpaired) electrons. The molecule has 0 bridgehead atoms. The van der Waals surface area contributed by atoms with Crippen LogP contribution in [0.15, 0.2) is 12.3 Å². The lowest BCUT2D eigenvalue weighted by Gasteiger charge is -2.39. The van der Waals surface area contributed by atoms with Crippen molar-refractivity contribution >= 4 is 0 Å².